The van der Waals surface area contributed by atoms with Crippen molar-refractivity contribution < 1.29 is 15.0 Å². The van der Waals surface area contributed by atoms with Crippen LogP contribution in [0.3, 0.4) is 0 Å². The molecule has 2 unspecified atom stereocenters. The Balaban J connectivity index is 1.39. The maximum absolute atomic E-state index is 11.9. The van der Waals surface area contributed by atoms with Gasteiger partial charge in [0.15, 0.2) is 0 Å². The Labute approximate surface area is 143 Å². The standard InChI is InChI=1S/C19H28N2O3/c22-17(12-14-4-2-1-3-5-14)13-21-10-8-15(9-11-21)18(23)19(24)20-16-6-7-16/h1-5,15-18,22-23H,6-13H2,(H,20,24). The molecule has 1 aromatic rings. The van der Waals surface area contributed by atoms with Gasteiger partial charge in [0.05, 0.1) is 6.10 Å². The summed E-state index contributed by atoms with van der Waals surface area (Å²) in [6.45, 7) is 2.29. The minimum Gasteiger partial charge on any atom is -0.391 e. The monoisotopic (exact) mass is 332 g/mol. The van der Waals surface area contributed by atoms with Crippen molar-refractivity contribution in [3.63, 3.8) is 0 Å². The second kappa shape index (κ2) is 8.10. The number of aliphatic hydroxyl groups excluding tert-OH is 2. The predicted molar refractivity (Wildman–Crippen MR) is 92.5 cm³/mol. The number of nitrogens with zero attached hydrogens (tertiary/aromatic N) is 1. The Morgan fingerprint density at radius 1 is 1.12 bits per heavy atom. The molecule has 3 rings (SSSR count). The lowest BCUT2D eigenvalue weighted by Gasteiger charge is -2.34. The summed E-state index contributed by atoms with van der Waals surface area (Å²) >= 11 is 0. The smallest absolute Gasteiger partial charge is 0.249 e. The van der Waals surface area contributed by atoms with Gasteiger partial charge in [-0.25, -0.2) is 0 Å². The van der Waals surface area contributed by atoms with Crippen LogP contribution in [0.4, 0.5) is 0 Å². The third-order valence-electron chi connectivity index (χ3n) is 5.05. The zero-order chi connectivity index (χ0) is 16.9. The highest BCUT2D eigenvalue weighted by Gasteiger charge is 2.33. The molecule has 1 heterocycles. The summed E-state index contributed by atoms with van der Waals surface area (Å²) in [5.74, 6) is -0.175. The van der Waals surface area contributed by atoms with Crippen molar-refractivity contribution in [1.29, 1.82) is 0 Å². The number of rotatable bonds is 7. The first-order chi connectivity index (χ1) is 11.6. The molecule has 0 bridgehead atoms. The number of aliphatic hydroxyl groups is 2. The molecule has 1 saturated heterocycles. The van der Waals surface area contributed by atoms with Crippen LogP contribution in [0, 0.1) is 5.92 Å². The van der Waals surface area contributed by atoms with Gasteiger partial charge in [-0.15, -0.1) is 0 Å². The summed E-state index contributed by atoms with van der Waals surface area (Å²) in [5, 5.41) is 23.4. The second-order valence-corrected chi connectivity index (χ2v) is 7.21. The summed E-state index contributed by atoms with van der Waals surface area (Å²) in [4.78, 5) is 14.2. The van der Waals surface area contributed by atoms with Crippen molar-refractivity contribution in [1.82, 2.24) is 10.2 Å². The number of carbonyl (C=O) groups excluding carboxylic acids is 1. The summed E-state index contributed by atoms with van der Waals surface area (Å²) < 4.78 is 0. The largest absolute Gasteiger partial charge is 0.391 e. The normalized spacial score (nSPS) is 22.1. The van der Waals surface area contributed by atoms with E-state index < -0.39 is 6.10 Å². The fourth-order valence-electron chi connectivity index (χ4n) is 3.43. The van der Waals surface area contributed by atoms with E-state index in [1.54, 1.807) is 0 Å². The summed E-state index contributed by atoms with van der Waals surface area (Å²) in [6.07, 6.45) is 3.07. The number of benzene rings is 1. The highest BCUT2D eigenvalue weighted by Crippen LogP contribution is 2.23. The number of likely N-dealkylation sites (tertiary alicyclic amines) is 1. The lowest BCUT2D eigenvalue weighted by Crippen LogP contribution is -2.46. The number of carbonyl (C=O) groups is 1. The Kier molecular flexibility index (Phi) is 5.87. The van der Waals surface area contributed by atoms with Crippen molar-refractivity contribution in [3.8, 4) is 0 Å². The van der Waals surface area contributed by atoms with Gasteiger partial charge < -0.3 is 20.4 Å². The number of β-amino-alcohol motifs (C(OH)–C–C–N with tert-alkyl or cyclic N) is 1. The van der Waals surface area contributed by atoms with Crippen LogP contribution in [0.25, 0.3) is 0 Å². The molecule has 0 radical (unpaired) electrons. The molecule has 0 spiro atoms. The molecular weight excluding hydrogens is 304 g/mol. The van der Waals surface area contributed by atoms with Crippen molar-refractivity contribution in [2.45, 2.75) is 50.4 Å². The maximum Gasteiger partial charge on any atom is 0.249 e. The molecule has 1 saturated carbocycles. The summed E-state index contributed by atoms with van der Waals surface area (Å²) in [7, 11) is 0. The van der Waals surface area contributed by atoms with Gasteiger partial charge in [0.1, 0.15) is 6.10 Å². The van der Waals surface area contributed by atoms with Crippen LogP contribution in [0.15, 0.2) is 30.3 Å². The minimum absolute atomic E-state index is 0.0336. The molecule has 132 valence electrons. The van der Waals surface area contributed by atoms with Gasteiger partial charge in [0.2, 0.25) is 5.91 Å². The first-order valence-corrected chi connectivity index (χ1v) is 9.04. The Hall–Kier alpha value is -1.43. The van der Waals surface area contributed by atoms with Crippen LogP contribution in [-0.4, -0.2) is 58.9 Å². The first kappa shape index (κ1) is 17.4. The summed E-state index contributed by atoms with van der Waals surface area (Å²) in [6, 6.07) is 10.3. The maximum atomic E-state index is 11.9. The number of hydrogen-bond donors (Lipinski definition) is 3. The molecule has 2 fully saturated rings. The van der Waals surface area contributed by atoms with E-state index >= 15 is 0 Å². The molecule has 0 aromatic heterocycles. The minimum atomic E-state index is -0.887. The van der Waals surface area contributed by atoms with E-state index in [0.29, 0.717) is 19.0 Å². The van der Waals surface area contributed by atoms with Crippen LogP contribution < -0.4 is 5.32 Å². The molecule has 5 nitrogen and oxygen atoms in total. The molecule has 3 N–H and O–H groups in total. The summed E-state index contributed by atoms with van der Waals surface area (Å²) in [5.41, 5.74) is 1.15. The lowest BCUT2D eigenvalue weighted by molar-refractivity contribution is -0.133. The van der Waals surface area contributed by atoms with Crippen molar-refractivity contribution >= 4 is 5.91 Å². The van der Waals surface area contributed by atoms with Gasteiger partial charge in [-0.1, -0.05) is 30.3 Å². The highest BCUT2D eigenvalue weighted by molar-refractivity contribution is 5.81. The Bertz CT molecular complexity index is 525. The molecule has 24 heavy (non-hydrogen) atoms. The number of piperidine rings is 1. The van der Waals surface area contributed by atoms with E-state index in [1.165, 1.54) is 0 Å². The fraction of sp³-hybridized carbons (Fsp3) is 0.632. The van der Waals surface area contributed by atoms with E-state index in [9.17, 15) is 15.0 Å². The van der Waals surface area contributed by atoms with Gasteiger partial charge in [-0.2, -0.15) is 0 Å². The van der Waals surface area contributed by atoms with E-state index in [1.807, 2.05) is 30.3 Å². The van der Waals surface area contributed by atoms with Crippen LogP contribution >= 0.6 is 0 Å². The second-order valence-electron chi connectivity index (χ2n) is 7.21. The van der Waals surface area contributed by atoms with Crippen LogP contribution in [0.1, 0.15) is 31.2 Å². The first-order valence-electron chi connectivity index (χ1n) is 9.04. The van der Waals surface area contributed by atoms with Crippen LogP contribution in [-0.2, 0) is 11.2 Å². The number of hydrogen-bond acceptors (Lipinski definition) is 4. The number of amides is 1. The third kappa shape index (κ3) is 5.03. The quantitative estimate of drug-likeness (QED) is 0.695. The van der Waals surface area contributed by atoms with E-state index in [-0.39, 0.29) is 17.9 Å². The van der Waals surface area contributed by atoms with Crippen molar-refractivity contribution in [2.75, 3.05) is 19.6 Å². The predicted octanol–water partition coefficient (Wildman–Crippen LogP) is 0.941. The average molecular weight is 332 g/mol. The molecule has 1 amide bonds. The van der Waals surface area contributed by atoms with E-state index in [4.69, 9.17) is 0 Å². The van der Waals surface area contributed by atoms with Gasteiger partial charge >= 0.3 is 0 Å². The zero-order valence-electron chi connectivity index (χ0n) is 14.1. The van der Waals surface area contributed by atoms with Crippen LogP contribution in [0.5, 0.6) is 0 Å². The van der Waals surface area contributed by atoms with Crippen molar-refractivity contribution in [2.24, 2.45) is 5.92 Å². The molecule has 2 atom stereocenters. The molecule has 1 aliphatic carbocycles. The van der Waals surface area contributed by atoms with Gasteiger partial charge in [0, 0.05) is 12.6 Å². The molecule has 5 heteroatoms. The Morgan fingerprint density at radius 3 is 2.42 bits per heavy atom. The molecule has 1 aromatic carbocycles. The molecular formula is C19H28N2O3. The Morgan fingerprint density at radius 2 is 1.79 bits per heavy atom. The molecule has 2 aliphatic rings. The van der Waals surface area contributed by atoms with E-state index in [0.717, 1.165) is 44.3 Å². The average Bonchev–Trinajstić information content (AvgIpc) is 3.39. The lowest BCUT2D eigenvalue weighted by atomic mass is 9.90. The third-order valence-corrected chi connectivity index (χ3v) is 5.05. The van der Waals surface area contributed by atoms with E-state index in [2.05, 4.69) is 10.2 Å². The zero-order valence-corrected chi connectivity index (χ0v) is 14.1. The van der Waals surface area contributed by atoms with Gasteiger partial charge in [-0.05, 0) is 56.7 Å². The van der Waals surface area contributed by atoms with Gasteiger partial charge in [0.25, 0.3) is 0 Å². The highest BCUT2D eigenvalue weighted by atomic mass is 16.3. The topological polar surface area (TPSA) is 72.8 Å². The van der Waals surface area contributed by atoms with Gasteiger partial charge in [-0.3, -0.25) is 4.79 Å². The van der Waals surface area contributed by atoms with Crippen molar-refractivity contribution in [3.05, 3.63) is 35.9 Å². The van der Waals surface area contributed by atoms with Crippen LogP contribution in [0.2, 0.25) is 0 Å². The SMILES string of the molecule is O=C(NC1CC1)C(O)C1CCN(CC(O)Cc2ccccc2)CC1. The molecule has 1 aliphatic heterocycles. The number of nitrogens with one attached hydrogen (secondary N) is 1. The fourth-order valence-corrected chi connectivity index (χ4v) is 3.43.